The maximum Gasteiger partial charge on any atom is 0.227 e. The first-order valence-electron chi connectivity index (χ1n) is 10.9. The summed E-state index contributed by atoms with van der Waals surface area (Å²) in [4.78, 5) is 26.6. The monoisotopic (exact) mass is 384 g/mol. The molecule has 1 aliphatic carbocycles. The molecule has 1 saturated carbocycles. The molecular formula is C24H36N2O2. The third-order valence-corrected chi connectivity index (χ3v) is 6.52. The molecule has 1 aromatic rings. The highest BCUT2D eigenvalue weighted by Gasteiger charge is 2.57. The zero-order valence-electron chi connectivity index (χ0n) is 18.1. The lowest BCUT2D eigenvalue weighted by atomic mass is 9.86. The Bertz CT molecular complexity index is 692. The molecule has 2 aliphatic rings. The molecule has 1 saturated heterocycles. The Kier molecular flexibility index (Phi) is 6.16. The van der Waals surface area contributed by atoms with E-state index in [0.29, 0.717) is 30.7 Å². The zero-order chi connectivity index (χ0) is 20.5. The van der Waals surface area contributed by atoms with E-state index in [1.54, 1.807) is 0 Å². The number of benzene rings is 1. The third-order valence-electron chi connectivity index (χ3n) is 6.52. The van der Waals surface area contributed by atoms with E-state index in [4.69, 9.17) is 0 Å². The Labute approximate surface area is 170 Å². The summed E-state index contributed by atoms with van der Waals surface area (Å²) < 4.78 is 0. The number of hydrogen-bond acceptors (Lipinski definition) is 2. The molecule has 28 heavy (non-hydrogen) atoms. The van der Waals surface area contributed by atoms with Gasteiger partial charge in [0.2, 0.25) is 11.8 Å². The van der Waals surface area contributed by atoms with Crippen LogP contribution in [-0.2, 0) is 15.0 Å². The van der Waals surface area contributed by atoms with E-state index < -0.39 is 0 Å². The second kappa shape index (κ2) is 8.26. The zero-order valence-corrected chi connectivity index (χ0v) is 18.1. The Balaban J connectivity index is 1.55. The molecule has 0 spiro atoms. The van der Waals surface area contributed by atoms with Crippen LogP contribution in [0.4, 0.5) is 0 Å². The Morgan fingerprint density at radius 2 is 1.71 bits per heavy atom. The highest BCUT2D eigenvalue weighted by Crippen LogP contribution is 2.58. The largest absolute Gasteiger partial charge is 0.355 e. The van der Waals surface area contributed by atoms with Gasteiger partial charge in [-0.2, -0.15) is 0 Å². The van der Waals surface area contributed by atoms with Gasteiger partial charge in [0, 0.05) is 26.1 Å². The highest BCUT2D eigenvalue weighted by molar-refractivity contribution is 5.81. The molecule has 2 fully saturated rings. The van der Waals surface area contributed by atoms with Crippen molar-refractivity contribution in [3.8, 4) is 0 Å². The van der Waals surface area contributed by atoms with E-state index in [2.05, 4.69) is 57.3 Å². The van der Waals surface area contributed by atoms with Crippen molar-refractivity contribution in [3.05, 3.63) is 35.4 Å². The van der Waals surface area contributed by atoms with Gasteiger partial charge in [0.25, 0.3) is 0 Å². The molecule has 4 atom stereocenters. The van der Waals surface area contributed by atoms with Gasteiger partial charge >= 0.3 is 0 Å². The molecule has 0 bridgehead atoms. The van der Waals surface area contributed by atoms with Crippen LogP contribution >= 0.6 is 0 Å². The number of piperidine rings is 1. The number of carbonyl (C=O) groups excluding carboxylic acids is 2. The van der Waals surface area contributed by atoms with Crippen molar-refractivity contribution in [2.45, 2.75) is 65.2 Å². The molecule has 154 valence electrons. The number of hydrogen-bond donors (Lipinski definition) is 1. The molecule has 1 heterocycles. The second-order valence-corrected chi connectivity index (χ2v) is 9.61. The van der Waals surface area contributed by atoms with Gasteiger partial charge < -0.3 is 10.2 Å². The van der Waals surface area contributed by atoms with Crippen molar-refractivity contribution < 1.29 is 9.59 Å². The van der Waals surface area contributed by atoms with E-state index >= 15 is 0 Å². The van der Waals surface area contributed by atoms with Crippen molar-refractivity contribution in [1.82, 2.24) is 10.2 Å². The van der Waals surface area contributed by atoms with Crippen LogP contribution in [0.1, 0.15) is 70.9 Å². The summed E-state index contributed by atoms with van der Waals surface area (Å²) in [5.41, 5.74) is 2.98. The van der Waals surface area contributed by atoms with E-state index in [0.717, 1.165) is 25.9 Å². The van der Waals surface area contributed by atoms with Gasteiger partial charge in [-0.25, -0.2) is 0 Å². The molecule has 4 nitrogen and oxygen atoms in total. The predicted molar refractivity (Wildman–Crippen MR) is 113 cm³/mol. The van der Waals surface area contributed by atoms with Crippen LogP contribution in [-0.4, -0.2) is 36.3 Å². The lowest BCUT2D eigenvalue weighted by molar-refractivity contribution is -0.135. The van der Waals surface area contributed by atoms with Gasteiger partial charge in [-0.3, -0.25) is 9.59 Å². The Morgan fingerprint density at radius 3 is 2.21 bits per heavy atom. The minimum absolute atomic E-state index is 0.0249. The maximum atomic E-state index is 13.0. The second-order valence-electron chi connectivity index (χ2n) is 9.61. The van der Waals surface area contributed by atoms with Gasteiger partial charge in [-0.1, -0.05) is 65.3 Å². The summed E-state index contributed by atoms with van der Waals surface area (Å²) >= 11 is 0. The van der Waals surface area contributed by atoms with Crippen LogP contribution in [0, 0.1) is 17.8 Å². The van der Waals surface area contributed by atoms with Crippen LogP contribution in [0.15, 0.2) is 24.3 Å². The van der Waals surface area contributed by atoms with Gasteiger partial charge in [0.15, 0.2) is 0 Å². The van der Waals surface area contributed by atoms with E-state index in [-0.39, 0.29) is 23.1 Å². The molecule has 3 rings (SSSR count). The summed E-state index contributed by atoms with van der Waals surface area (Å²) in [6, 6.07) is 9.10. The summed E-state index contributed by atoms with van der Waals surface area (Å²) in [7, 11) is 0. The standard InChI is InChI=1S/C24H36N2O2/c1-6-8-17(13-25-21(27)7-2)23(28)26-14-19-20(15-26)22(19)16-9-11-18(12-10-16)24(3,4)5/h9-12,17,19-20,22H,6-8,13-15H2,1-5H3,(H,25,27)/t17-,19-,20+,22+/m1/s1. The van der Waals surface area contributed by atoms with Gasteiger partial charge in [-0.05, 0) is 40.7 Å². The summed E-state index contributed by atoms with van der Waals surface area (Å²) in [6.07, 6.45) is 2.27. The molecule has 2 amide bonds. The third kappa shape index (κ3) is 4.42. The van der Waals surface area contributed by atoms with Crippen molar-refractivity contribution in [3.63, 3.8) is 0 Å². The van der Waals surface area contributed by atoms with Crippen LogP contribution in [0.5, 0.6) is 0 Å². The highest BCUT2D eigenvalue weighted by atomic mass is 16.2. The van der Waals surface area contributed by atoms with E-state index in [9.17, 15) is 9.59 Å². The number of carbonyl (C=O) groups is 2. The van der Waals surface area contributed by atoms with Gasteiger partial charge in [0.1, 0.15) is 0 Å². The first-order chi connectivity index (χ1) is 13.3. The van der Waals surface area contributed by atoms with Crippen molar-refractivity contribution in [2.24, 2.45) is 17.8 Å². The molecule has 1 aliphatic heterocycles. The van der Waals surface area contributed by atoms with Crippen LogP contribution < -0.4 is 5.32 Å². The quantitative estimate of drug-likeness (QED) is 0.769. The molecule has 1 aromatic carbocycles. The number of likely N-dealkylation sites (tertiary alicyclic amines) is 1. The molecule has 4 heteroatoms. The average molecular weight is 385 g/mol. The van der Waals surface area contributed by atoms with Crippen molar-refractivity contribution in [1.29, 1.82) is 0 Å². The Morgan fingerprint density at radius 1 is 1.11 bits per heavy atom. The van der Waals surface area contributed by atoms with Crippen molar-refractivity contribution >= 4 is 11.8 Å². The summed E-state index contributed by atoms with van der Waals surface area (Å²) in [5, 5.41) is 2.91. The first kappa shape index (κ1) is 20.9. The van der Waals surface area contributed by atoms with Crippen LogP contribution in [0.25, 0.3) is 0 Å². The smallest absolute Gasteiger partial charge is 0.227 e. The summed E-state index contributed by atoms with van der Waals surface area (Å²) in [5.74, 6) is 2.00. The Hall–Kier alpha value is -1.84. The topological polar surface area (TPSA) is 49.4 Å². The van der Waals surface area contributed by atoms with E-state index in [1.165, 1.54) is 11.1 Å². The predicted octanol–water partition coefficient (Wildman–Crippen LogP) is 4.10. The van der Waals surface area contributed by atoms with E-state index in [1.807, 2.05) is 11.8 Å². The fourth-order valence-electron chi connectivity index (χ4n) is 4.69. The van der Waals surface area contributed by atoms with Crippen molar-refractivity contribution in [2.75, 3.05) is 19.6 Å². The lowest BCUT2D eigenvalue weighted by Gasteiger charge is -2.26. The fourth-order valence-corrected chi connectivity index (χ4v) is 4.69. The summed E-state index contributed by atoms with van der Waals surface area (Å²) in [6.45, 7) is 12.9. The molecule has 1 N–H and O–H groups in total. The molecule has 0 aromatic heterocycles. The normalized spacial score (nSPS) is 24.6. The number of nitrogens with zero attached hydrogens (tertiary/aromatic N) is 1. The average Bonchev–Trinajstić information content (AvgIpc) is 3.16. The van der Waals surface area contributed by atoms with Gasteiger partial charge in [0.05, 0.1) is 5.92 Å². The first-order valence-corrected chi connectivity index (χ1v) is 10.9. The van der Waals surface area contributed by atoms with Crippen LogP contribution in [0.2, 0.25) is 0 Å². The number of nitrogens with one attached hydrogen (secondary N) is 1. The number of rotatable bonds is 7. The van der Waals surface area contributed by atoms with Crippen LogP contribution in [0.3, 0.4) is 0 Å². The SMILES string of the molecule is CCC[C@H](CNC(=O)CC)C(=O)N1C[C@@H]2[C@H](C1)[C@H]2c1ccc(C(C)(C)C)cc1. The molecule has 0 unspecified atom stereocenters. The molecular weight excluding hydrogens is 348 g/mol. The fraction of sp³-hybridized carbons (Fsp3) is 0.667. The molecule has 0 radical (unpaired) electrons. The minimum atomic E-state index is -0.0810. The lowest BCUT2D eigenvalue weighted by Crippen LogP contribution is -2.41. The maximum absolute atomic E-state index is 13.0. The minimum Gasteiger partial charge on any atom is -0.355 e. The number of amides is 2. The number of fused-ring (bicyclic) bond motifs is 1. The van der Waals surface area contributed by atoms with Gasteiger partial charge in [-0.15, -0.1) is 0 Å².